The second kappa shape index (κ2) is 7.60. The average molecular weight is 468 g/mol. The van der Waals surface area contributed by atoms with Gasteiger partial charge in [-0.25, -0.2) is 0 Å². The van der Waals surface area contributed by atoms with Gasteiger partial charge in [0.15, 0.2) is 0 Å². The van der Waals surface area contributed by atoms with Crippen LogP contribution < -0.4 is 5.32 Å². The molecule has 7 nitrogen and oxygen atoms in total. The lowest BCUT2D eigenvalue weighted by Gasteiger charge is -2.12. The number of para-hydroxylation sites is 1. The second-order valence-corrected chi connectivity index (χ2v) is 7.09. The van der Waals surface area contributed by atoms with Crippen molar-refractivity contribution in [1.82, 2.24) is 24.5 Å². The van der Waals surface area contributed by atoms with E-state index in [1.54, 1.807) is 13.1 Å². The number of amides is 1. The Bertz CT molecular complexity index is 1370. The van der Waals surface area contributed by atoms with Crippen LogP contribution in [0.5, 0.6) is 0 Å². The number of aryl methyl sites for hydroxylation is 2. The zero-order chi connectivity index (χ0) is 24.1. The number of anilines is 1. The van der Waals surface area contributed by atoms with Gasteiger partial charge >= 0.3 is 12.4 Å². The number of nitrogens with zero attached hydrogens (tertiary/aromatic N) is 5. The summed E-state index contributed by atoms with van der Waals surface area (Å²) in [5.41, 5.74) is -3.88. The first-order chi connectivity index (χ1) is 15.4. The first kappa shape index (κ1) is 22.3. The van der Waals surface area contributed by atoms with Gasteiger partial charge in [-0.1, -0.05) is 18.2 Å². The van der Waals surface area contributed by atoms with E-state index in [0.717, 1.165) is 24.0 Å². The van der Waals surface area contributed by atoms with Crippen molar-refractivity contribution in [3.8, 4) is 11.3 Å². The minimum absolute atomic E-state index is 0.0951. The van der Waals surface area contributed by atoms with Crippen LogP contribution >= 0.6 is 0 Å². The molecule has 1 N–H and O–H groups in total. The lowest BCUT2D eigenvalue weighted by Crippen LogP contribution is -2.21. The van der Waals surface area contributed by atoms with E-state index >= 15 is 0 Å². The normalized spacial score (nSPS) is 12.4. The lowest BCUT2D eigenvalue weighted by molar-refractivity contribution is -0.141. The number of fused-ring (bicyclic) bond motifs is 1. The van der Waals surface area contributed by atoms with Gasteiger partial charge in [0.05, 0.1) is 11.7 Å². The monoisotopic (exact) mass is 468 g/mol. The summed E-state index contributed by atoms with van der Waals surface area (Å²) in [7, 11) is 2.70. The molecule has 0 aliphatic carbocycles. The maximum absolute atomic E-state index is 14.1. The molecule has 0 bridgehead atoms. The number of pyridine rings is 1. The highest BCUT2D eigenvalue weighted by Gasteiger charge is 2.42. The number of hydrogen-bond acceptors (Lipinski definition) is 4. The topological polar surface area (TPSA) is 77.6 Å². The van der Waals surface area contributed by atoms with Crippen molar-refractivity contribution in [2.24, 2.45) is 14.1 Å². The van der Waals surface area contributed by atoms with E-state index in [1.165, 1.54) is 23.0 Å². The molecule has 0 radical (unpaired) electrons. The van der Waals surface area contributed by atoms with E-state index in [2.05, 4.69) is 20.5 Å². The van der Waals surface area contributed by atoms with Gasteiger partial charge in [0.1, 0.15) is 22.6 Å². The largest absolute Gasteiger partial charge is 0.433 e. The minimum atomic E-state index is -4.99. The average Bonchev–Trinajstić information content (AvgIpc) is 3.28. The van der Waals surface area contributed by atoms with E-state index in [9.17, 15) is 31.1 Å². The molecule has 0 aliphatic rings. The summed E-state index contributed by atoms with van der Waals surface area (Å²) in [6.45, 7) is 0. The number of aromatic nitrogens is 5. The molecule has 1 amide bonds. The molecule has 33 heavy (non-hydrogen) atoms. The molecule has 0 unspecified atom stereocenters. The molecule has 4 rings (SSSR count). The van der Waals surface area contributed by atoms with Crippen LogP contribution in [0.4, 0.5) is 32.0 Å². The number of benzene rings is 1. The van der Waals surface area contributed by atoms with Crippen molar-refractivity contribution in [2.75, 3.05) is 5.32 Å². The molecule has 0 atom stereocenters. The van der Waals surface area contributed by atoms with Crippen molar-refractivity contribution in [2.45, 2.75) is 12.4 Å². The first-order valence-corrected chi connectivity index (χ1v) is 9.28. The van der Waals surface area contributed by atoms with Crippen LogP contribution in [0.2, 0.25) is 0 Å². The van der Waals surface area contributed by atoms with Crippen molar-refractivity contribution >= 4 is 22.5 Å². The summed E-state index contributed by atoms with van der Waals surface area (Å²) in [6, 6.07) is 6.18. The fourth-order valence-corrected chi connectivity index (χ4v) is 3.52. The molecule has 4 aromatic rings. The number of nitrogens with one attached hydrogen (secondary N) is 1. The number of carbonyl (C=O) groups excluding carboxylic acids is 1. The quantitative estimate of drug-likeness (QED) is 0.444. The maximum atomic E-state index is 14.1. The second-order valence-electron chi connectivity index (χ2n) is 7.09. The van der Waals surface area contributed by atoms with E-state index in [-0.39, 0.29) is 11.3 Å². The molecule has 13 heteroatoms. The number of hydrogen-bond donors (Lipinski definition) is 1. The van der Waals surface area contributed by atoms with Gasteiger partial charge < -0.3 is 5.32 Å². The van der Waals surface area contributed by atoms with E-state index in [4.69, 9.17) is 0 Å². The van der Waals surface area contributed by atoms with Gasteiger partial charge in [0, 0.05) is 36.9 Å². The number of carbonyl (C=O) groups is 1. The van der Waals surface area contributed by atoms with Crippen LogP contribution in [-0.2, 0) is 26.4 Å². The Kier molecular flexibility index (Phi) is 5.14. The zero-order valence-corrected chi connectivity index (χ0v) is 17.0. The maximum Gasteiger partial charge on any atom is 0.433 e. The SMILES string of the molecule is Cn1nc(-c2cccc3cnn(C)c23)c(C(F)(F)F)c1C(=O)Nc1ccnc(C(F)(F)F)c1. The van der Waals surface area contributed by atoms with Crippen LogP contribution in [-0.4, -0.2) is 30.5 Å². The molecule has 3 aromatic heterocycles. The Labute approximate surface area is 181 Å². The van der Waals surface area contributed by atoms with Crippen LogP contribution in [0.1, 0.15) is 21.7 Å². The molecule has 3 heterocycles. The van der Waals surface area contributed by atoms with Gasteiger partial charge in [0.25, 0.3) is 5.91 Å². The molecule has 0 aliphatic heterocycles. The van der Waals surface area contributed by atoms with Gasteiger partial charge in [-0.05, 0) is 12.1 Å². The Morgan fingerprint density at radius 1 is 1.00 bits per heavy atom. The predicted molar refractivity (Wildman–Crippen MR) is 105 cm³/mol. The Morgan fingerprint density at radius 3 is 2.39 bits per heavy atom. The van der Waals surface area contributed by atoms with Crippen LogP contribution in [0.15, 0.2) is 42.7 Å². The lowest BCUT2D eigenvalue weighted by atomic mass is 10.0. The predicted octanol–water partition coefficient (Wildman–Crippen LogP) is 4.66. The van der Waals surface area contributed by atoms with Crippen LogP contribution in [0.25, 0.3) is 22.2 Å². The third-order valence-corrected chi connectivity index (χ3v) is 4.87. The molecular formula is C20H14F6N6O. The Hall–Kier alpha value is -3.90. The molecule has 0 fully saturated rings. The summed E-state index contributed by atoms with van der Waals surface area (Å²) in [4.78, 5) is 16.0. The van der Waals surface area contributed by atoms with E-state index in [1.807, 2.05) is 0 Å². The van der Waals surface area contributed by atoms with Crippen LogP contribution in [0, 0.1) is 0 Å². The highest BCUT2D eigenvalue weighted by atomic mass is 19.4. The van der Waals surface area contributed by atoms with Crippen molar-refractivity contribution in [3.05, 3.63) is 59.7 Å². The summed E-state index contributed by atoms with van der Waals surface area (Å²) in [5, 5.41) is 10.6. The fourth-order valence-electron chi connectivity index (χ4n) is 3.52. The molecule has 0 saturated carbocycles. The van der Waals surface area contributed by atoms with Crippen molar-refractivity contribution in [1.29, 1.82) is 0 Å². The summed E-state index contributed by atoms with van der Waals surface area (Å²) in [5.74, 6) is -1.28. The minimum Gasteiger partial charge on any atom is -0.321 e. The van der Waals surface area contributed by atoms with Crippen molar-refractivity contribution in [3.63, 3.8) is 0 Å². The molecule has 0 spiro atoms. The van der Waals surface area contributed by atoms with Gasteiger partial charge in [-0.15, -0.1) is 0 Å². The summed E-state index contributed by atoms with van der Waals surface area (Å²) >= 11 is 0. The third-order valence-electron chi connectivity index (χ3n) is 4.87. The highest BCUT2D eigenvalue weighted by Crippen LogP contribution is 2.41. The van der Waals surface area contributed by atoms with Gasteiger partial charge in [-0.2, -0.15) is 36.5 Å². The Morgan fingerprint density at radius 2 is 1.73 bits per heavy atom. The smallest absolute Gasteiger partial charge is 0.321 e. The molecule has 172 valence electrons. The summed E-state index contributed by atoms with van der Waals surface area (Å²) in [6.07, 6.45) is -7.52. The standard InChI is InChI=1S/C20H14F6N6O/c1-31-16-10(9-28-31)4-3-5-12(16)15-14(20(24,25)26)17(32(2)30-15)18(33)29-11-6-7-27-13(8-11)19(21,22)23/h3-9H,1-2H3,(H,27,29,33). The van der Waals surface area contributed by atoms with Crippen LogP contribution in [0.3, 0.4) is 0 Å². The summed E-state index contributed by atoms with van der Waals surface area (Å²) < 4.78 is 83.2. The number of halogens is 6. The molecule has 1 aromatic carbocycles. The fraction of sp³-hybridized carbons (Fsp3) is 0.200. The van der Waals surface area contributed by atoms with Gasteiger partial charge in [-0.3, -0.25) is 19.1 Å². The van der Waals surface area contributed by atoms with E-state index in [0.29, 0.717) is 17.0 Å². The number of rotatable bonds is 3. The zero-order valence-electron chi connectivity index (χ0n) is 17.0. The molecular weight excluding hydrogens is 454 g/mol. The first-order valence-electron chi connectivity index (χ1n) is 9.28. The Balaban J connectivity index is 1.84. The van der Waals surface area contributed by atoms with E-state index < -0.39 is 40.9 Å². The van der Waals surface area contributed by atoms with Crippen molar-refractivity contribution < 1.29 is 31.1 Å². The third kappa shape index (κ3) is 4.01. The molecule has 0 saturated heterocycles. The highest BCUT2D eigenvalue weighted by molar-refractivity contribution is 6.06. The van der Waals surface area contributed by atoms with Gasteiger partial charge in [0.2, 0.25) is 0 Å². The number of alkyl halides is 6.